The summed E-state index contributed by atoms with van der Waals surface area (Å²) in [5, 5.41) is 0. The van der Waals surface area contributed by atoms with Crippen molar-refractivity contribution in [3.05, 3.63) is 0 Å². The highest BCUT2D eigenvalue weighted by Gasteiger charge is 2.19. The summed E-state index contributed by atoms with van der Waals surface area (Å²) in [4.78, 5) is 37.5. The highest BCUT2D eigenvalue weighted by Crippen LogP contribution is 2.16. The number of hydrogen-bond donors (Lipinski definition) is 0. The standard InChI is InChI=1S/C43H82O6/c1-6-8-9-10-11-12-13-14-15-16-23-28-33-41(44)47-36-40(49-43(46)35-30-25-19-17-21-26-31-38(3)4)37-48-42(45)34-29-24-20-18-22-27-32-39(5)7-2/h38-40H,6-37H2,1-5H3/t39?,40-/m0/s1. The first kappa shape index (κ1) is 47.4. The summed E-state index contributed by atoms with van der Waals surface area (Å²) in [6.45, 7) is 11.2. The van der Waals surface area contributed by atoms with Gasteiger partial charge in [0.25, 0.3) is 0 Å². The molecule has 290 valence electrons. The first-order chi connectivity index (χ1) is 23.8. The number of hydrogen-bond acceptors (Lipinski definition) is 6. The van der Waals surface area contributed by atoms with E-state index in [9.17, 15) is 14.4 Å². The minimum absolute atomic E-state index is 0.0669. The predicted octanol–water partition coefficient (Wildman–Crippen LogP) is 13.0. The second-order valence-corrected chi connectivity index (χ2v) is 15.3. The van der Waals surface area contributed by atoms with E-state index in [0.717, 1.165) is 69.6 Å². The van der Waals surface area contributed by atoms with Crippen molar-refractivity contribution in [2.24, 2.45) is 11.8 Å². The zero-order chi connectivity index (χ0) is 36.2. The van der Waals surface area contributed by atoms with Gasteiger partial charge in [0.15, 0.2) is 6.10 Å². The predicted molar refractivity (Wildman–Crippen MR) is 206 cm³/mol. The van der Waals surface area contributed by atoms with Crippen LogP contribution in [0.1, 0.15) is 227 Å². The van der Waals surface area contributed by atoms with E-state index < -0.39 is 6.10 Å². The van der Waals surface area contributed by atoms with Crippen LogP contribution in [0.3, 0.4) is 0 Å². The fourth-order valence-corrected chi connectivity index (χ4v) is 6.19. The number of ether oxygens (including phenoxy) is 3. The third-order valence-corrected chi connectivity index (χ3v) is 9.83. The van der Waals surface area contributed by atoms with Gasteiger partial charge in [0.1, 0.15) is 13.2 Å². The summed E-state index contributed by atoms with van der Waals surface area (Å²) in [5.41, 5.74) is 0. The van der Waals surface area contributed by atoms with E-state index in [1.165, 1.54) is 116 Å². The van der Waals surface area contributed by atoms with E-state index in [0.29, 0.717) is 19.3 Å². The van der Waals surface area contributed by atoms with E-state index in [1.54, 1.807) is 0 Å². The van der Waals surface area contributed by atoms with E-state index >= 15 is 0 Å². The fraction of sp³-hybridized carbons (Fsp3) is 0.930. The molecule has 0 spiro atoms. The Morgan fingerprint density at radius 3 is 1.16 bits per heavy atom. The highest BCUT2D eigenvalue weighted by molar-refractivity contribution is 5.71. The number of esters is 3. The van der Waals surface area contributed by atoms with Crippen LogP contribution >= 0.6 is 0 Å². The van der Waals surface area contributed by atoms with Gasteiger partial charge in [0, 0.05) is 19.3 Å². The Kier molecular flexibility index (Phi) is 35.0. The highest BCUT2D eigenvalue weighted by atomic mass is 16.6. The van der Waals surface area contributed by atoms with Crippen molar-refractivity contribution in [1.29, 1.82) is 0 Å². The molecule has 0 aromatic rings. The Morgan fingerprint density at radius 2 is 0.776 bits per heavy atom. The molecule has 2 atom stereocenters. The monoisotopic (exact) mass is 695 g/mol. The molecule has 0 aliphatic carbocycles. The van der Waals surface area contributed by atoms with Gasteiger partial charge in [-0.1, -0.05) is 189 Å². The van der Waals surface area contributed by atoms with Crippen LogP contribution in [0.15, 0.2) is 0 Å². The van der Waals surface area contributed by atoms with Crippen LogP contribution in [0.25, 0.3) is 0 Å². The largest absolute Gasteiger partial charge is 0.462 e. The van der Waals surface area contributed by atoms with Gasteiger partial charge < -0.3 is 14.2 Å². The van der Waals surface area contributed by atoms with Crippen molar-refractivity contribution in [2.45, 2.75) is 233 Å². The number of carbonyl (C=O) groups is 3. The molecule has 0 N–H and O–H groups in total. The lowest BCUT2D eigenvalue weighted by molar-refractivity contribution is -0.167. The fourth-order valence-electron chi connectivity index (χ4n) is 6.19. The van der Waals surface area contributed by atoms with Gasteiger partial charge in [-0.2, -0.15) is 0 Å². The summed E-state index contributed by atoms with van der Waals surface area (Å²) in [6, 6.07) is 0. The Labute approximate surface area is 304 Å². The van der Waals surface area contributed by atoms with E-state index in [-0.39, 0.29) is 31.1 Å². The molecular formula is C43H82O6. The normalized spacial score (nSPS) is 12.6. The summed E-state index contributed by atoms with van der Waals surface area (Å²) < 4.78 is 16.6. The molecule has 0 amide bonds. The van der Waals surface area contributed by atoms with Crippen LogP contribution in [-0.4, -0.2) is 37.2 Å². The molecule has 1 unspecified atom stereocenters. The molecule has 0 rings (SSSR count). The topological polar surface area (TPSA) is 78.9 Å². The molecule has 49 heavy (non-hydrogen) atoms. The maximum atomic E-state index is 12.6. The quantitative estimate of drug-likeness (QED) is 0.0366. The molecular weight excluding hydrogens is 612 g/mol. The summed E-state index contributed by atoms with van der Waals surface area (Å²) in [7, 11) is 0. The minimum Gasteiger partial charge on any atom is -0.462 e. The third kappa shape index (κ3) is 36.0. The van der Waals surface area contributed by atoms with Gasteiger partial charge in [0.2, 0.25) is 0 Å². The second kappa shape index (κ2) is 36.2. The lowest BCUT2D eigenvalue weighted by Crippen LogP contribution is -2.30. The van der Waals surface area contributed by atoms with Crippen LogP contribution in [-0.2, 0) is 28.6 Å². The molecule has 0 aromatic heterocycles. The molecule has 0 saturated heterocycles. The van der Waals surface area contributed by atoms with Crippen LogP contribution in [0.4, 0.5) is 0 Å². The summed E-state index contributed by atoms with van der Waals surface area (Å²) in [6.07, 6.45) is 32.4. The Balaban J connectivity index is 4.34. The van der Waals surface area contributed by atoms with Crippen LogP contribution in [0.5, 0.6) is 0 Å². The first-order valence-electron chi connectivity index (χ1n) is 21.3. The van der Waals surface area contributed by atoms with Crippen molar-refractivity contribution >= 4 is 17.9 Å². The van der Waals surface area contributed by atoms with Crippen molar-refractivity contribution in [3.63, 3.8) is 0 Å². The van der Waals surface area contributed by atoms with Crippen molar-refractivity contribution in [3.8, 4) is 0 Å². The Bertz CT molecular complexity index is 751. The zero-order valence-electron chi connectivity index (χ0n) is 33.3. The molecule has 0 radical (unpaired) electrons. The van der Waals surface area contributed by atoms with Gasteiger partial charge in [-0.3, -0.25) is 14.4 Å². The van der Waals surface area contributed by atoms with E-state index in [4.69, 9.17) is 14.2 Å². The second-order valence-electron chi connectivity index (χ2n) is 15.3. The SMILES string of the molecule is CCCCCCCCCCCCCCC(=O)OC[C@@H](COC(=O)CCCCCCCCC(C)CC)OC(=O)CCCCCCCCC(C)C. The third-order valence-electron chi connectivity index (χ3n) is 9.83. The molecule has 0 aromatic carbocycles. The number of carbonyl (C=O) groups excluding carboxylic acids is 3. The number of unbranched alkanes of at least 4 members (excludes halogenated alkanes) is 21. The Hall–Kier alpha value is -1.59. The number of rotatable bonds is 37. The molecule has 0 aliphatic rings. The van der Waals surface area contributed by atoms with Gasteiger partial charge in [-0.25, -0.2) is 0 Å². The molecule has 0 fully saturated rings. The van der Waals surface area contributed by atoms with E-state index in [2.05, 4.69) is 34.6 Å². The smallest absolute Gasteiger partial charge is 0.306 e. The van der Waals surface area contributed by atoms with Gasteiger partial charge in [-0.05, 0) is 31.1 Å². The maximum Gasteiger partial charge on any atom is 0.306 e. The molecule has 0 saturated carbocycles. The van der Waals surface area contributed by atoms with Crippen molar-refractivity contribution in [1.82, 2.24) is 0 Å². The average molecular weight is 695 g/mol. The van der Waals surface area contributed by atoms with Gasteiger partial charge in [-0.15, -0.1) is 0 Å². The summed E-state index contributed by atoms with van der Waals surface area (Å²) in [5.74, 6) is 0.704. The molecule has 6 nitrogen and oxygen atoms in total. The summed E-state index contributed by atoms with van der Waals surface area (Å²) >= 11 is 0. The molecule has 0 heterocycles. The van der Waals surface area contributed by atoms with Crippen molar-refractivity contribution < 1.29 is 28.6 Å². The Morgan fingerprint density at radius 1 is 0.429 bits per heavy atom. The van der Waals surface area contributed by atoms with Crippen LogP contribution < -0.4 is 0 Å². The first-order valence-corrected chi connectivity index (χ1v) is 21.3. The lowest BCUT2D eigenvalue weighted by Gasteiger charge is -2.18. The van der Waals surface area contributed by atoms with Crippen molar-refractivity contribution in [2.75, 3.05) is 13.2 Å². The average Bonchev–Trinajstić information content (AvgIpc) is 3.08. The lowest BCUT2D eigenvalue weighted by atomic mass is 10.00. The molecule has 6 heteroatoms. The minimum atomic E-state index is -0.760. The maximum absolute atomic E-state index is 12.6. The molecule has 0 bridgehead atoms. The zero-order valence-corrected chi connectivity index (χ0v) is 33.3. The van der Waals surface area contributed by atoms with Crippen LogP contribution in [0, 0.1) is 11.8 Å². The van der Waals surface area contributed by atoms with Gasteiger partial charge >= 0.3 is 17.9 Å². The van der Waals surface area contributed by atoms with Crippen LogP contribution in [0.2, 0.25) is 0 Å². The van der Waals surface area contributed by atoms with E-state index in [1.807, 2.05) is 0 Å². The molecule has 0 aliphatic heterocycles. The van der Waals surface area contributed by atoms with Gasteiger partial charge in [0.05, 0.1) is 0 Å².